The number of aromatic nitrogens is 2. The molecular formula is C12H12N2O2. The Labute approximate surface area is 92.0 Å². The van der Waals surface area contributed by atoms with E-state index < -0.39 is 11.2 Å². The first kappa shape index (κ1) is 10.4. The lowest BCUT2D eigenvalue weighted by Crippen LogP contribution is -2.21. The number of aryl methyl sites for hydroxylation is 2. The molecule has 2 rings (SSSR count). The Morgan fingerprint density at radius 3 is 2.31 bits per heavy atom. The average molecular weight is 216 g/mol. The Balaban J connectivity index is 2.63. The molecule has 4 heteroatoms. The molecule has 0 unspecified atom stereocenters. The lowest BCUT2D eigenvalue weighted by atomic mass is 10.0. The van der Waals surface area contributed by atoms with Crippen molar-refractivity contribution < 1.29 is 0 Å². The maximum absolute atomic E-state index is 11.2. The highest BCUT2D eigenvalue weighted by molar-refractivity contribution is 5.60. The number of hydrogen-bond acceptors (Lipinski definition) is 2. The van der Waals surface area contributed by atoms with Gasteiger partial charge in [0.15, 0.2) is 0 Å². The van der Waals surface area contributed by atoms with Gasteiger partial charge in [-0.25, -0.2) is 4.79 Å². The number of rotatable bonds is 1. The monoisotopic (exact) mass is 216 g/mol. The molecule has 0 aliphatic heterocycles. The Bertz CT molecular complexity index is 610. The molecule has 1 aromatic carbocycles. The van der Waals surface area contributed by atoms with E-state index in [-0.39, 0.29) is 0 Å². The van der Waals surface area contributed by atoms with Crippen LogP contribution in [-0.4, -0.2) is 9.97 Å². The first-order valence-electron chi connectivity index (χ1n) is 4.97. The van der Waals surface area contributed by atoms with Gasteiger partial charge in [-0.3, -0.25) is 9.78 Å². The van der Waals surface area contributed by atoms with Crippen molar-refractivity contribution in [2.24, 2.45) is 0 Å². The summed E-state index contributed by atoms with van der Waals surface area (Å²) in [5.41, 5.74) is 2.80. The van der Waals surface area contributed by atoms with Crippen molar-refractivity contribution in [1.82, 2.24) is 9.97 Å². The van der Waals surface area contributed by atoms with E-state index in [0.717, 1.165) is 11.1 Å². The Hall–Kier alpha value is -2.10. The van der Waals surface area contributed by atoms with Crippen molar-refractivity contribution in [3.63, 3.8) is 0 Å². The molecule has 16 heavy (non-hydrogen) atoms. The van der Waals surface area contributed by atoms with Crippen molar-refractivity contribution in [3.8, 4) is 11.3 Å². The van der Waals surface area contributed by atoms with Crippen LogP contribution < -0.4 is 11.2 Å². The van der Waals surface area contributed by atoms with Gasteiger partial charge in [-0.1, -0.05) is 12.1 Å². The molecule has 0 aliphatic rings. The second-order valence-electron chi connectivity index (χ2n) is 3.80. The second kappa shape index (κ2) is 3.81. The molecule has 2 aromatic rings. The summed E-state index contributed by atoms with van der Waals surface area (Å²) >= 11 is 0. The average Bonchev–Trinajstić information content (AvgIpc) is 2.20. The Kier molecular flexibility index (Phi) is 2.48. The summed E-state index contributed by atoms with van der Waals surface area (Å²) < 4.78 is 0. The van der Waals surface area contributed by atoms with E-state index in [1.165, 1.54) is 11.6 Å². The van der Waals surface area contributed by atoms with Gasteiger partial charge in [0.2, 0.25) is 0 Å². The molecule has 0 saturated heterocycles. The van der Waals surface area contributed by atoms with Crippen molar-refractivity contribution in [3.05, 3.63) is 56.2 Å². The quantitative estimate of drug-likeness (QED) is 0.755. The van der Waals surface area contributed by atoms with Crippen molar-refractivity contribution in [2.75, 3.05) is 0 Å². The SMILES string of the molecule is Cc1ccc(-c2cc(=O)[nH]c(=O)[nH]2)cc1C. The highest BCUT2D eigenvalue weighted by Gasteiger charge is 2.01. The zero-order valence-corrected chi connectivity index (χ0v) is 9.13. The fourth-order valence-electron chi connectivity index (χ4n) is 1.53. The second-order valence-corrected chi connectivity index (χ2v) is 3.80. The van der Waals surface area contributed by atoms with Crippen molar-refractivity contribution in [2.45, 2.75) is 13.8 Å². The number of nitrogens with one attached hydrogen (secondary N) is 2. The first-order chi connectivity index (χ1) is 7.56. The molecule has 0 fully saturated rings. The third kappa shape index (κ3) is 1.95. The van der Waals surface area contributed by atoms with Gasteiger partial charge in [0.1, 0.15) is 0 Å². The molecule has 1 heterocycles. The van der Waals surface area contributed by atoms with Crippen LogP contribution in [0.15, 0.2) is 33.9 Å². The van der Waals surface area contributed by atoms with E-state index in [0.29, 0.717) is 5.69 Å². The predicted octanol–water partition coefficient (Wildman–Crippen LogP) is 1.35. The zero-order valence-electron chi connectivity index (χ0n) is 9.13. The molecule has 82 valence electrons. The Morgan fingerprint density at radius 1 is 0.938 bits per heavy atom. The number of hydrogen-bond donors (Lipinski definition) is 2. The number of H-pyrrole nitrogens is 2. The topological polar surface area (TPSA) is 65.7 Å². The van der Waals surface area contributed by atoms with Crippen LogP contribution in [0.2, 0.25) is 0 Å². The van der Waals surface area contributed by atoms with Crippen LogP contribution in [0.25, 0.3) is 11.3 Å². The molecule has 4 nitrogen and oxygen atoms in total. The largest absolute Gasteiger partial charge is 0.326 e. The van der Waals surface area contributed by atoms with Gasteiger partial charge in [0, 0.05) is 6.07 Å². The molecule has 0 radical (unpaired) electrons. The highest BCUT2D eigenvalue weighted by Crippen LogP contribution is 2.17. The lowest BCUT2D eigenvalue weighted by Gasteiger charge is -2.04. The smallest absolute Gasteiger partial charge is 0.307 e. The Morgan fingerprint density at radius 2 is 1.69 bits per heavy atom. The van der Waals surface area contributed by atoms with Crippen LogP contribution in [-0.2, 0) is 0 Å². The van der Waals surface area contributed by atoms with Crippen molar-refractivity contribution in [1.29, 1.82) is 0 Å². The normalized spacial score (nSPS) is 10.4. The van der Waals surface area contributed by atoms with Gasteiger partial charge in [-0.2, -0.15) is 0 Å². The predicted molar refractivity (Wildman–Crippen MR) is 62.6 cm³/mol. The fraction of sp³-hybridized carbons (Fsp3) is 0.167. The van der Waals surface area contributed by atoms with Gasteiger partial charge in [0.05, 0.1) is 5.69 Å². The summed E-state index contributed by atoms with van der Waals surface area (Å²) in [4.78, 5) is 27.0. The summed E-state index contributed by atoms with van der Waals surface area (Å²) in [6.07, 6.45) is 0. The van der Waals surface area contributed by atoms with Crippen LogP contribution in [0.3, 0.4) is 0 Å². The van der Waals surface area contributed by atoms with E-state index >= 15 is 0 Å². The van der Waals surface area contributed by atoms with Gasteiger partial charge in [-0.15, -0.1) is 0 Å². The molecule has 0 spiro atoms. The summed E-state index contributed by atoms with van der Waals surface area (Å²) in [5.74, 6) is 0. The molecule has 0 amide bonds. The highest BCUT2D eigenvalue weighted by atomic mass is 16.2. The zero-order chi connectivity index (χ0) is 11.7. The maximum Gasteiger partial charge on any atom is 0.326 e. The van der Waals surface area contributed by atoms with E-state index in [9.17, 15) is 9.59 Å². The molecule has 0 saturated carbocycles. The summed E-state index contributed by atoms with van der Waals surface area (Å²) in [5, 5.41) is 0. The fourth-order valence-corrected chi connectivity index (χ4v) is 1.53. The summed E-state index contributed by atoms with van der Waals surface area (Å²) in [6.45, 7) is 4.00. The minimum atomic E-state index is -0.485. The standard InChI is InChI=1S/C12H12N2O2/c1-7-3-4-9(5-8(7)2)10-6-11(15)14-12(16)13-10/h3-6H,1-2H3,(H2,13,14,15,16). The van der Waals surface area contributed by atoms with E-state index in [2.05, 4.69) is 9.97 Å². The molecular weight excluding hydrogens is 204 g/mol. The molecule has 0 aliphatic carbocycles. The lowest BCUT2D eigenvalue weighted by molar-refractivity contribution is 1.04. The third-order valence-corrected chi connectivity index (χ3v) is 2.58. The van der Waals surface area contributed by atoms with Crippen LogP contribution in [0, 0.1) is 13.8 Å². The van der Waals surface area contributed by atoms with Crippen LogP contribution in [0.5, 0.6) is 0 Å². The van der Waals surface area contributed by atoms with Gasteiger partial charge < -0.3 is 4.98 Å². The van der Waals surface area contributed by atoms with Gasteiger partial charge in [-0.05, 0) is 36.6 Å². The van der Waals surface area contributed by atoms with E-state index in [1.54, 1.807) is 0 Å². The van der Waals surface area contributed by atoms with Gasteiger partial charge in [0.25, 0.3) is 5.56 Å². The summed E-state index contributed by atoms with van der Waals surface area (Å²) in [6, 6.07) is 7.17. The van der Waals surface area contributed by atoms with E-state index in [4.69, 9.17) is 0 Å². The minimum absolute atomic E-state index is 0.392. The minimum Gasteiger partial charge on any atom is -0.307 e. The van der Waals surface area contributed by atoms with Crippen LogP contribution in [0.4, 0.5) is 0 Å². The van der Waals surface area contributed by atoms with Crippen molar-refractivity contribution >= 4 is 0 Å². The molecule has 2 N–H and O–H groups in total. The van der Waals surface area contributed by atoms with Crippen LogP contribution >= 0.6 is 0 Å². The molecule has 1 aromatic heterocycles. The van der Waals surface area contributed by atoms with Gasteiger partial charge >= 0.3 is 5.69 Å². The summed E-state index contributed by atoms with van der Waals surface area (Å²) in [7, 11) is 0. The van der Waals surface area contributed by atoms with E-state index in [1.807, 2.05) is 32.0 Å². The maximum atomic E-state index is 11.2. The number of benzene rings is 1. The molecule has 0 atom stereocenters. The number of aromatic amines is 2. The van der Waals surface area contributed by atoms with Crippen LogP contribution in [0.1, 0.15) is 11.1 Å². The first-order valence-corrected chi connectivity index (χ1v) is 4.97. The third-order valence-electron chi connectivity index (χ3n) is 2.58. The molecule has 0 bridgehead atoms.